The highest BCUT2D eigenvalue weighted by Crippen LogP contribution is 2.43. The van der Waals surface area contributed by atoms with Crippen molar-refractivity contribution in [2.45, 2.75) is 100 Å². The first kappa shape index (κ1) is 42.5. The summed E-state index contributed by atoms with van der Waals surface area (Å²) in [7, 11) is 0. The quantitative estimate of drug-likeness (QED) is 0.0429. The number of pyridine rings is 2. The van der Waals surface area contributed by atoms with E-state index in [9.17, 15) is 30.3 Å². The van der Waals surface area contributed by atoms with E-state index in [1.54, 1.807) is 12.4 Å². The molecule has 0 unspecified atom stereocenters. The number of amides is 1. The average molecular weight is 744 g/mol. The number of unbranched alkanes of at least 4 members (excludes halogenated alkanes) is 7. The smallest absolute Gasteiger partial charge is 0.224 e. The molecule has 4 rings (SSSR count). The summed E-state index contributed by atoms with van der Waals surface area (Å²) < 4.78 is 0. The largest absolute Gasteiger partial charge is 0.394 e. The number of rotatable bonds is 25. The van der Waals surface area contributed by atoms with Gasteiger partial charge >= 0.3 is 0 Å². The van der Waals surface area contributed by atoms with Crippen molar-refractivity contribution < 1.29 is 35.4 Å². The van der Waals surface area contributed by atoms with Crippen LogP contribution < -0.4 is 16.0 Å². The number of carbonyl (C=O) groups is 1. The summed E-state index contributed by atoms with van der Waals surface area (Å²) in [5, 5.41) is 69.5. The number of nitrogens with one attached hydrogen (secondary N) is 3. The minimum atomic E-state index is -1.62. The normalized spacial score (nSPS) is 15.4. The lowest BCUT2D eigenvalue weighted by Crippen LogP contribution is -2.49. The van der Waals surface area contributed by atoms with E-state index in [4.69, 9.17) is 5.11 Å². The molecule has 0 radical (unpaired) electrons. The second kappa shape index (κ2) is 23.5. The van der Waals surface area contributed by atoms with Gasteiger partial charge in [0.15, 0.2) is 0 Å². The molecule has 2 heterocycles. The summed E-state index contributed by atoms with van der Waals surface area (Å²) in [6, 6.07) is 28.0. The van der Waals surface area contributed by atoms with Crippen LogP contribution in [0.25, 0.3) is 0 Å². The summed E-state index contributed by atoms with van der Waals surface area (Å²) in [4.78, 5) is 22.5. The van der Waals surface area contributed by atoms with Gasteiger partial charge in [-0.15, -0.1) is 0 Å². The van der Waals surface area contributed by atoms with Crippen molar-refractivity contribution in [1.82, 2.24) is 15.3 Å². The maximum Gasteiger partial charge on any atom is 0.224 e. The zero-order valence-corrected chi connectivity index (χ0v) is 30.8. The zero-order chi connectivity index (χ0) is 38.5. The van der Waals surface area contributed by atoms with Crippen LogP contribution in [-0.4, -0.2) is 90.6 Å². The van der Waals surface area contributed by atoms with Gasteiger partial charge in [-0.25, -0.2) is 4.98 Å². The second-order valence-corrected chi connectivity index (χ2v) is 13.7. The Kier molecular flexibility index (Phi) is 18.5. The maximum atomic E-state index is 13.3. The van der Waals surface area contributed by atoms with Crippen LogP contribution >= 0.6 is 0 Å². The van der Waals surface area contributed by atoms with Crippen LogP contribution in [0.5, 0.6) is 0 Å². The lowest BCUT2D eigenvalue weighted by molar-refractivity contribution is -0.116. The fraction of sp³-hybridized carbons (Fsp3) is 0.452. The van der Waals surface area contributed by atoms with Gasteiger partial charge in [0.2, 0.25) is 5.91 Å². The van der Waals surface area contributed by atoms with Gasteiger partial charge in [0.1, 0.15) is 24.1 Å². The molecular weight excluding hydrogens is 686 g/mol. The molecule has 54 heavy (non-hydrogen) atoms. The van der Waals surface area contributed by atoms with Crippen molar-refractivity contribution in [2.24, 2.45) is 0 Å². The van der Waals surface area contributed by atoms with E-state index in [1.165, 1.54) is 0 Å². The monoisotopic (exact) mass is 743 g/mol. The molecule has 0 saturated carbocycles. The molecule has 12 nitrogen and oxygen atoms in total. The van der Waals surface area contributed by atoms with Gasteiger partial charge in [-0.3, -0.25) is 9.78 Å². The Balaban J connectivity index is 1.26. The predicted octanol–water partition coefficient (Wildman–Crippen LogP) is 4.62. The molecule has 0 aliphatic carbocycles. The van der Waals surface area contributed by atoms with Crippen LogP contribution in [0.15, 0.2) is 103 Å². The lowest BCUT2D eigenvalue weighted by Gasteiger charge is -2.33. The molecule has 9 N–H and O–H groups in total. The minimum absolute atomic E-state index is 0.0683. The second-order valence-electron chi connectivity index (χ2n) is 13.7. The first-order valence-electron chi connectivity index (χ1n) is 19.0. The first-order valence-corrected chi connectivity index (χ1v) is 19.0. The molecule has 2 aromatic heterocycles. The molecule has 0 bridgehead atoms. The fourth-order valence-corrected chi connectivity index (χ4v) is 6.54. The van der Waals surface area contributed by atoms with Crippen molar-refractivity contribution in [3.05, 3.63) is 120 Å². The van der Waals surface area contributed by atoms with Crippen molar-refractivity contribution in [2.75, 3.05) is 30.3 Å². The van der Waals surface area contributed by atoms with E-state index >= 15 is 0 Å². The minimum Gasteiger partial charge on any atom is -0.394 e. The van der Waals surface area contributed by atoms with Crippen molar-refractivity contribution in [3.63, 3.8) is 0 Å². The van der Waals surface area contributed by atoms with E-state index in [0.717, 1.165) is 62.5 Å². The highest BCUT2D eigenvalue weighted by atomic mass is 16.4. The van der Waals surface area contributed by atoms with Gasteiger partial charge < -0.3 is 46.6 Å². The predicted molar refractivity (Wildman–Crippen MR) is 210 cm³/mol. The first-order chi connectivity index (χ1) is 26.3. The van der Waals surface area contributed by atoms with Crippen LogP contribution in [0, 0.1) is 0 Å². The number of hydrogen-bond acceptors (Lipinski definition) is 11. The molecule has 4 aromatic rings. The maximum absolute atomic E-state index is 13.3. The Morgan fingerprint density at radius 2 is 1.26 bits per heavy atom. The highest BCUT2D eigenvalue weighted by Gasteiger charge is 2.35. The third-order valence-electron chi connectivity index (χ3n) is 9.59. The summed E-state index contributed by atoms with van der Waals surface area (Å²) in [5.74, 6) is 0.0267. The fourth-order valence-electron chi connectivity index (χ4n) is 6.54. The Hall–Kier alpha value is -4.27. The van der Waals surface area contributed by atoms with Gasteiger partial charge in [-0.1, -0.05) is 99.2 Å². The van der Waals surface area contributed by atoms with E-state index in [0.29, 0.717) is 30.2 Å². The van der Waals surface area contributed by atoms with Crippen LogP contribution in [-0.2, 0) is 4.79 Å². The Bertz CT molecular complexity index is 1600. The molecule has 12 heteroatoms. The van der Waals surface area contributed by atoms with Crippen molar-refractivity contribution in [3.8, 4) is 0 Å². The molecule has 1 amide bonds. The number of para-hydroxylation sites is 1. The number of anilines is 2. The Labute approximate surface area is 318 Å². The van der Waals surface area contributed by atoms with E-state index in [2.05, 4.69) is 25.9 Å². The van der Waals surface area contributed by atoms with E-state index < -0.39 is 49.1 Å². The molecule has 7 atom stereocenters. The number of aliphatic hydroxyl groups excluding tert-OH is 6. The molecule has 0 aliphatic heterocycles. The molecule has 0 saturated heterocycles. The molecule has 292 valence electrons. The summed E-state index contributed by atoms with van der Waals surface area (Å²) in [5.41, 5.74) is 2.92. The summed E-state index contributed by atoms with van der Waals surface area (Å²) >= 11 is 0. The average Bonchev–Trinajstić information content (AvgIpc) is 3.21. The summed E-state index contributed by atoms with van der Waals surface area (Å²) in [6.45, 7) is 0.0204. The molecule has 0 fully saturated rings. The number of benzene rings is 2. The van der Waals surface area contributed by atoms with Gasteiger partial charge in [0.25, 0.3) is 0 Å². The summed E-state index contributed by atoms with van der Waals surface area (Å²) in [6.07, 6.45) is 4.87. The molecule has 0 aliphatic rings. The standard InChI is InChI=1S/C42H57N5O7/c48-29-35(50)42(54)41(53)34(49)28-43-25-15-6-4-2-1-3-5-10-24-37(51)46-32-21-12-11-20-31(32)39(47-36-23-14-17-27-45-36)38(33-22-13-16-26-44-33)40(52)30-18-8-7-9-19-30/h7-9,11-14,16-23,26-27,34-35,38-43,48-50,52-54H,1-6,10,15,24-25,28-29H2,(H,45,47)(H,46,51)/t34-,35+,38-,39+,40+,41+,42+/m0/s1. The van der Waals surface area contributed by atoms with Crippen LogP contribution in [0.1, 0.15) is 92.7 Å². The van der Waals surface area contributed by atoms with Crippen molar-refractivity contribution in [1.29, 1.82) is 0 Å². The third kappa shape index (κ3) is 13.5. The Morgan fingerprint density at radius 3 is 1.93 bits per heavy atom. The highest BCUT2D eigenvalue weighted by molar-refractivity contribution is 5.91. The van der Waals surface area contributed by atoms with Gasteiger partial charge in [0.05, 0.1) is 30.8 Å². The van der Waals surface area contributed by atoms with Crippen LogP contribution in [0.3, 0.4) is 0 Å². The zero-order valence-electron chi connectivity index (χ0n) is 30.8. The molecule has 2 aromatic carbocycles. The van der Waals surface area contributed by atoms with Crippen LogP contribution in [0.2, 0.25) is 0 Å². The van der Waals surface area contributed by atoms with Gasteiger partial charge in [0, 0.05) is 36.7 Å². The number of aliphatic hydroxyl groups is 6. The van der Waals surface area contributed by atoms with Gasteiger partial charge in [-0.05, 0) is 60.8 Å². The van der Waals surface area contributed by atoms with E-state index in [1.807, 2.05) is 91.0 Å². The molecular formula is C42H57N5O7. The van der Waals surface area contributed by atoms with Crippen LogP contribution in [0.4, 0.5) is 11.5 Å². The topological polar surface area (TPSA) is 200 Å². The number of carbonyl (C=O) groups excluding carboxylic acids is 1. The number of aromatic nitrogens is 2. The van der Waals surface area contributed by atoms with Gasteiger partial charge in [-0.2, -0.15) is 0 Å². The van der Waals surface area contributed by atoms with E-state index in [-0.39, 0.29) is 12.5 Å². The number of nitrogens with zero attached hydrogens (tertiary/aromatic N) is 2. The SMILES string of the molecule is O=C(CCCCCCCCCCNC[C@H](O)[C@@H](O)[C@H](O)[C@H](O)CO)Nc1ccccc1[C@@H](Nc1ccccn1)[C@H](c1ccccn1)[C@H](O)c1ccccc1. The number of hydrogen-bond donors (Lipinski definition) is 9. The van der Waals surface area contributed by atoms with Crippen molar-refractivity contribution >= 4 is 17.4 Å². The Morgan fingerprint density at radius 1 is 0.648 bits per heavy atom. The lowest BCUT2D eigenvalue weighted by atomic mass is 9.82. The molecule has 0 spiro atoms. The third-order valence-corrected chi connectivity index (χ3v) is 9.59.